The molecule has 0 atom stereocenters. The van der Waals surface area contributed by atoms with Gasteiger partial charge < -0.3 is 19.7 Å². The van der Waals surface area contributed by atoms with Crippen molar-refractivity contribution in [1.82, 2.24) is 4.90 Å². The van der Waals surface area contributed by atoms with Crippen LogP contribution >= 0.6 is 0 Å². The van der Waals surface area contributed by atoms with E-state index in [2.05, 4.69) is 17.3 Å². The fourth-order valence-corrected chi connectivity index (χ4v) is 2.41. The van der Waals surface area contributed by atoms with Gasteiger partial charge in [0, 0.05) is 12.0 Å². The van der Waals surface area contributed by atoms with Crippen molar-refractivity contribution in [1.29, 1.82) is 0 Å². The molecule has 0 saturated carbocycles. The van der Waals surface area contributed by atoms with Gasteiger partial charge in [-0.2, -0.15) is 0 Å². The van der Waals surface area contributed by atoms with E-state index in [-0.39, 0.29) is 11.8 Å². The number of hydrogen-bond acceptors (Lipinski definition) is 4. The molecule has 0 spiro atoms. The second-order valence-corrected chi connectivity index (χ2v) is 5.13. The highest BCUT2D eigenvalue weighted by Crippen LogP contribution is 2.30. The third-order valence-electron chi connectivity index (χ3n) is 3.76. The van der Waals surface area contributed by atoms with Crippen molar-refractivity contribution in [2.45, 2.75) is 12.8 Å². The van der Waals surface area contributed by atoms with Crippen molar-refractivity contribution in [3.8, 4) is 11.5 Å². The summed E-state index contributed by atoms with van der Waals surface area (Å²) in [6, 6.07) is 5.39. The summed E-state index contributed by atoms with van der Waals surface area (Å²) in [5, 5.41) is 2.96. The first-order valence-corrected chi connectivity index (χ1v) is 6.85. The highest BCUT2D eigenvalue weighted by atomic mass is 16.5. The zero-order chi connectivity index (χ0) is 14.5. The molecule has 1 aliphatic heterocycles. The maximum absolute atomic E-state index is 12.3. The van der Waals surface area contributed by atoms with Crippen LogP contribution in [0, 0.1) is 5.92 Å². The molecule has 1 saturated heterocycles. The van der Waals surface area contributed by atoms with Crippen molar-refractivity contribution < 1.29 is 14.3 Å². The Morgan fingerprint density at radius 3 is 2.55 bits per heavy atom. The Balaban J connectivity index is 2.03. The number of nitrogens with zero attached hydrogens (tertiary/aromatic N) is 1. The predicted octanol–water partition coefficient (Wildman–Crippen LogP) is 1.98. The van der Waals surface area contributed by atoms with Crippen LogP contribution in [0.3, 0.4) is 0 Å². The first-order chi connectivity index (χ1) is 9.63. The Labute approximate surface area is 119 Å². The number of hydrogen-bond donors (Lipinski definition) is 1. The summed E-state index contributed by atoms with van der Waals surface area (Å²) in [7, 11) is 5.27. The highest BCUT2D eigenvalue weighted by molar-refractivity contribution is 5.94. The Kier molecular flexibility index (Phi) is 4.84. The topological polar surface area (TPSA) is 50.8 Å². The first kappa shape index (κ1) is 14.7. The lowest BCUT2D eigenvalue weighted by atomic mass is 9.96. The Hall–Kier alpha value is -1.75. The maximum atomic E-state index is 12.3. The van der Waals surface area contributed by atoms with Crippen molar-refractivity contribution in [3.63, 3.8) is 0 Å². The van der Waals surface area contributed by atoms with Crippen LogP contribution in [0.15, 0.2) is 18.2 Å². The number of carbonyl (C=O) groups is 1. The zero-order valence-corrected chi connectivity index (χ0v) is 12.3. The number of ether oxygens (including phenoxy) is 2. The predicted molar refractivity (Wildman–Crippen MR) is 78.4 cm³/mol. The lowest BCUT2D eigenvalue weighted by Gasteiger charge is -2.28. The minimum atomic E-state index is 0.0709. The van der Waals surface area contributed by atoms with E-state index in [1.54, 1.807) is 20.3 Å². The van der Waals surface area contributed by atoms with Gasteiger partial charge in [-0.05, 0) is 45.1 Å². The summed E-state index contributed by atoms with van der Waals surface area (Å²) < 4.78 is 10.4. The molecule has 1 amide bonds. The number of methoxy groups -OCH3 is 2. The van der Waals surface area contributed by atoms with Crippen molar-refractivity contribution >= 4 is 11.6 Å². The summed E-state index contributed by atoms with van der Waals surface area (Å²) in [5.74, 6) is 1.48. The number of carbonyl (C=O) groups excluding carboxylic acids is 1. The van der Waals surface area contributed by atoms with E-state index < -0.39 is 0 Å². The van der Waals surface area contributed by atoms with E-state index in [4.69, 9.17) is 9.47 Å². The zero-order valence-electron chi connectivity index (χ0n) is 12.3. The summed E-state index contributed by atoms with van der Waals surface area (Å²) in [6.45, 7) is 1.94. The number of nitrogens with one attached hydrogen (secondary N) is 1. The number of rotatable bonds is 4. The molecule has 1 aromatic rings. The van der Waals surface area contributed by atoms with E-state index in [1.165, 1.54) is 0 Å². The Morgan fingerprint density at radius 1 is 1.25 bits per heavy atom. The molecule has 0 radical (unpaired) electrons. The van der Waals surface area contributed by atoms with Gasteiger partial charge in [-0.1, -0.05) is 0 Å². The molecule has 1 aliphatic rings. The van der Waals surface area contributed by atoms with E-state index >= 15 is 0 Å². The smallest absolute Gasteiger partial charge is 0.227 e. The molecular weight excluding hydrogens is 256 g/mol. The van der Waals surface area contributed by atoms with Gasteiger partial charge in [0.15, 0.2) is 0 Å². The third-order valence-corrected chi connectivity index (χ3v) is 3.76. The van der Waals surface area contributed by atoms with E-state index in [1.807, 2.05) is 12.1 Å². The molecule has 0 bridgehead atoms. The average Bonchev–Trinajstić information content (AvgIpc) is 2.48. The standard InChI is InChI=1S/C15H22N2O3/c1-17-8-6-11(7-9-17)15(18)16-13-5-4-12(19-2)10-14(13)20-3/h4-5,10-11H,6-9H2,1-3H3,(H,16,18). The van der Waals surface area contributed by atoms with Crippen molar-refractivity contribution in [2.24, 2.45) is 5.92 Å². The third kappa shape index (κ3) is 3.42. The van der Waals surface area contributed by atoms with Gasteiger partial charge in [-0.3, -0.25) is 4.79 Å². The first-order valence-electron chi connectivity index (χ1n) is 6.85. The summed E-state index contributed by atoms with van der Waals surface area (Å²) in [6.07, 6.45) is 1.81. The van der Waals surface area contributed by atoms with Crippen LogP contribution in [0.4, 0.5) is 5.69 Å². The quantitative estimate of drug-likeness (QED) is 0.915. The number of benzene rings is 1. The SMILES string of the molecule is COc1ccc(NC(=O)C2CCN(C)CC2)c(OC)c1. The van der Waals surface area contributed by atoms with Crippen LogP contribution < -0.4 is 14.8 Å². The monoisotopic (exact) mass is 278 g/mol. The van der Waals surface area contributed by atoms with Crippen LogP contribution in [-0.4, -0.2) is 45.2 Å². The Bertz CT molecular complexity index is 468. The summed E-state index contributed by atoms with van der Waals surface area (Å²) in [5.41, 5.74) is 0.692. The molecule has 2 rings (SSSR count). The number of likely N-dealkylation sites (tertiary alicyclic amines) is 1. The second-order valence-electron chi connectivity index (χ2n) is 5.13. The molecule has 110 valence electrons. The molecule has 0 aromatic heterocycles. The number of anilines is 1. The molecule has 5 nitrogen and oxygen atoms in total. The molecular formula is C15H22N2O3. The van der Waals surface area contributed by atoms with Crippen LogP contribution in [-0.2, 0) is 4.79 Å². The lowest BCUT2D eigenvalue weighted by Crippen LogP contribution is -2.35. The fraction of sp³-hybridized carbons (Fsp3) is 0.533. The van der Waals surface area contributed by atoms with Crippen LogP contribution in [0.5, 0.6) is 11.5 Å². The minimum absolute atomic E-state index is 0.0709. The molecule has 0 unspecified atom stereocenters. The van der Waals surface area contributed by atoms with E-state index in [9.17, 15) is 4.79 Å². The van der Waals surface area contributed by atoms with Crippen LogP contribution in [0.25, 0.3) is 0 Å². The normalized spacial score (nSPS) is 16.8. The van der Waals surface area contributed by atoms with Gasteiger partial charge in [0.25, 0.3) is 0 Å². The lowest BCUT2D eigenvalue weighted by molar-refractivity contribution is -0.121. The van der Waals surface area contributed by atoms with Gasteiger partial charge in [0.2, 0.25) is 5.91 Å². The summed E-state index contributed by atoms with van der Waals surface area (Å²) in [4.78, 5) is 14.5. The average molecular weight is 278 g/mol. The molecule has 1 aromatic carbocycles. The molecule has 1 N–H and O–H groups in total. The highest BCUT2D eigenvalue weighted by Gasteiger charge is 2.24. The maximum Gasteiger partial charge on any atom is 0.227 e. The van der Waals surface area contributed by atoms with Crippen LogP contribution in [0.2, 0.25) is 0 Å². The number of amides is 1. The van der Waals surface area contributed by atoms with Gasteiger partial charge in [0.1, 0.15) is 11.5 Å². The van der Waals surface area contributed by atoms with Crippen LogP contribution in [0.1, 0.15) is 12.8 Å². The van der Waals surface area contributed by atoms with Gasteiger partial charge in [-0.25, -0.2) is 0 Å². The van der Waals surface area contributed by atoms with Gasteiger partial charge >= 0.3 is 0 Å². The largest absolute Gasteiger partial charge is 0.497 e. The van der Waals surface area contributed by atoms with Gasteiger partial charge in [-0.15, -0.1) is 0 Å². The molecule has 5 heteroatoms. The van der Waals surface area contributed by atoms with E-state index in [0.29, 0.717) is 17.2 Å². The number of piperidine rings is 1. The molecule has 0 aliphatic carbocycles. The fourth-order valence-electron chi connectivity index (χ4n) is 2.41. The van der Waals surface area contributed by atoms with Crippen molar-refractivity contribution in [2.75, 3.05) is 39.7 Å². The molecule has 20 heavy (non-hydrogen) atoms. The second kappa shape index (κ2) is 6.61. The molecule has 1 heterocycles. The van der Waals surface area contributed by atoms with Crippen molar-refractivity contribution in [3.05, 3.63) is 18.2 Å². The molecule has 1 fully saturated rings. The van der Waals surface area contributed by atoms with Gasteiger partial charge in [0.05, 0.1) is 19.9 Å². The Morgan fingerprint density at radius 2 is 1.95 bits per heavy atom. The van der Waals surface area contributed by atoms with E-state index in [0.717, 1.165) is 25.9 Å². The minimum Gasteiger partial charge on any atom is -0.497 e. The summed E-state index contributed by atoms with van der Waals surface area (Å²) >= 11 is 0.